The number of nitrogens with zero attached hydrogens (tertiary/aromatic N) is 3. The molecule has 1 heterocycles. The third-order valence-corrected chi connectivity index (χ3v) is 3.83. The van der Waals surface area contributed by atoms with Crippen molar-refractivity contribution in [3.05, 3.63) is 69.6 Å². The van der Waals surface area contributed by atoms with Crippen molar-refractivity contribution in [2.24, 2.45) is 5.10 Å². The Morgan fingerprint density at radius 2 is 2.04 bits per heavy atom. The Bertz CT molecular complexity index is 893. The number of nitro groups is 1. The maximum absolute atomic E-state index is 10.8. The summed E-state index contributed by atoms with van der Waals surface area (Å²) in [5.74, 6) is -0.189. The Morgan fingerprint density at radius 3 is 2.79 bits per heavy atom. The van der Waals surface area contributed by atoms with Crippen LogP contribution < -0.4 is 5.43 Å². The average Bonchev–Trinajstić information content (AvgIpc) is 3.04. The van der Waals surface area contributed by atoms with Crippen LogP contribution in [0.2, 0.25) is 0 Å². The highest BCUT2D eigenvalue weighted by atomic mass is 32.1. The Kier molecular flexibility index (Phi) is 4.48. The van der Waals surface area contributed by atoms with Gasteiger partial charge in [-0.25, -0.2) is 4.98 Å². The molecule has 0 radical (unpaired) electrons. The summed E-state index contributed by atoms with van der Waals surface area (Å²) in [5, 5.41) is 26.8. The quantitative estimate of drug-likeness (QED) is 0.417. The van der Waals surface area contributed by atoms with Gasteiger partial charge in [0, 0.05) is 22.6 Å². The zero-order valence-corrected chi connectivity index (χ0v) is 13.1. The van der Waals surface area contributed by atoms with E-state index in [1.54, 1.807) is 0 Å². The number of anilines is 1. The molecule has 3 rings (SSSR count). The number of thiazole rings is 1. The zero-order valence-electron chi connectivity index (χ0n) is 12.3. The smallest absolute Gasteiger partial charge is 0.273 e. The second-order valence-electron chi connectivity index (χ2n) is 4.81. The topological polar surface area (TPSA) is 101 Å². The van der Waals surface area contributed by atoms with E-state index < -0.39 is 4.92 Å². The van der Waals surface area contributed by atoms with Gasteiger partial charge in [0.2, 0.25) is 5.13 Å². The summed E-state index contributed by atoms with van der Waals surface area (Å²) in [6.07, 6.45) is 1.39. The molecule has 0 unspecified atom stereocenters. The molecule has 2 aromatic carbocycles. The number of rotatable bonds is 5. The molecule has 2 N–H and O–H groups in total. The van der Waals surface area contributed by atoms with Crippen molar-refractivity contribution >= 4 is 28.4 Å². The lowest BCUT2D eigenvalue weighted by Gasteiger charge is -1.98. The van der Waals surface area contributed by atoms with Gasteiger partial charge in [-0.3, -0.25) is 15.5 Å². The molecule has 0 atom stereocenters. The van der Waals surface area contributed by atoms with Crippen LogP contribution in [0.5, 0.6) is 5.75 Å². The van der Waals surface area contributed by atoms with Gasteiger partial charge in [-0.1, -0.05) is 30.3 Å². The van der Waals surface area contributed by atoms with Crippen LogP contribution in [0.1, 0.15) is 5.56 Å². The van der Waals surface area contributed by atoms with E-state index in [2.05, 4.69) is 15.5 Å². The van der Waals surface area contributed by atoms with Crippen molar-refractivity contribution in [2.45, 2.75) is 0 Å². The van der Waals surface area contributed by atoms with Crippen LogP contribution in [0.4, 0.5) is 10.8 Å². The van der Waals surface area contributed by atoms with Crippen molar-refractivity contribution in [2.75, 3.05) is 5.43 Å². The Balaban J connectivity index is 1.71. The molecule has 0 saturated carbocycles. The summed E-state index contributed by atoms with van der Waals surface area (Å²) >= 11 is 1.40. The molecule has 0 fully saturated rings. The van der Waals surface area contributed by atoms with Crippen molar-refractivity contribution in [3.8, 4) is 17.0 Å². The highest BCUT2D eigenvalue weighted by Gasteiger charge is 2.08. The monoisotopic (exact) mass is 340 g/mol. The van der Waals surface area contributed by atoms with Gasteiger partial charge in [0.15, 0.2) is 0 Å². The van der Waals surface area contributed by atoms with Crippen molar-refractivity contribution in [1.82, 2.24) is 4.98 Å². The number of non-ortho nitro benzene ring substituents is 1. The molecule has 0 saturated heterocycles. The van der Waals surface area contributed by atoms with Gasteiger partial charge in [-0.05, 0) is 6.07 Å². The third-order valence-electron chi connectivity index (χ3n) is 3.08. The number of nitro benzene ring substituents is 1. The molecule has 0 aliphatic carbocycles. The standard InChI is InChI=1S/C16H12N4O3S/c21-14-7-11(6-13(8-14)20(22)23)9-17-19-16-18-15(10-24-16)12-4-2-1-3-5-12/h1-10,21H,(H,18,19). The fraction of sp³-hybridized carbons (Fsp3) is 0. The molecule has 7 nitrogen and oxygen atoms in total. The normalized spacial score (nSPS) is 10.8. The van der Waals surface area contributed by atoms with Crippen LogP contribution in [0.25, 0.3) is 11.3 Å². The van der Waals surface area contributed by atoms with E-state index in [9.17, 15) is 15.2 Å². The first-order valence-electron chi connectivity index (χ1n) is 6.90. The highest BCUT2D eigenvalue weighted by molar-refractivity contribution is 7.14. The largest absolute Gasteiger partial charge is 0.508 e. The van der Waals surface area contributed by atoms with E-state index in [0.717, 1.165) is 17.3 Å². The third kappa shape index (κ3) is 3.73. The molecule has 0 bridgehead atoms. The minimum absolute atomic E-state index is 0.189. The number of benzene rings is 2. The zero-order chi connectivity index (χ0) is 16.9. The SMILES string of the molecule is O=[N+]([O-])c1cc(O)cc(C=NNc2nc(-c3ccccc3)cs2)c1. The molecule has 8 heteroatoms. The maximum atomic E-state index is 10.8. The summed E-state index contributed by atoms with van der Waals surface area (Å²) < 4.78 is 0. The number of aromatic nitrogens is 1. The van der Waals surface area contributed by atoms with Crippen molar-refractivity contribution in [1.29, 1.82) is 0 Å². The van der Waals surface area contributed by atoms with Gasteiger partial charge in [0.05, 0.1) is 22.9 Å². The Hall–Kier alpha value is -3.26. The molecular weight excluding hydrogens is 328 g/mol. The molecule has 120 valence electrons. The van der Waals surface area contributed by atoms with E-state index >= 15 is 0 Å². The Morgan fingerprint density at radius 1 is 1.25 bits per heavy atom. The van der Waals surface area contributed by atoms with Crippen LogP contribution in [-0.4, -0.2) is 21.2 Å². The number of hydrazone groups is 1. The van der Waals surface area contributed by atoms with Gasteiger partial charge >= 0.3 is 0 Å². The van der Waals surface area contributed by atoms with Gasteiger partial charge < -0.3 is 5.11 Å². The predicted octanol–water partition coefficient (Wildman–Crippen LogP) is 3.87. The minimum Gasteiger partial charge on any atom is -0.508 e. The lowest BCUT2D eigenvalue weighted by atomic mass is 10.2. The summed E-state index contributed by atoms with van der Waals surface area (Å²) in [7, 11) is 0. The minimum atomic E-state index is -0.572. The van der Waals surface area contributed by atoms with Crippen LogP contribution in [0.3, 0.4) is 0 Å². The number of nitrogens with one attached hydrogen (secondary N) is 1. The van der Waals surface area contributed by atoms with Gasteiger partial charge in [0.1, 0.15) is 5.75 Å². The van der Waals surface area contributed by atoms with Crippen LogP contribution >= 0.6 is 11.3 Å². The summed E-state index contributed by atoms with van der Waals surface area (Å²) in [4.78, 5) is 14.6. The number of hydrogen-bond donors (Lipinski definition) is 2. The fourth-order valence-electron chi connectivity index (χ4n) is 2.03. The van der Waals surface area contributed by atoms with E-state index in [-0.39, 0.29) is 11.4 Å². The molecular formula is C16H12N4O3S. The van der Waals surface area contributed by atoms with E-state index in [4.69, 9.17) is 0 Å². The number of phenols is 1. The maximum Gasteiger partial charge on any atom is 0.273 e. The molecule has 0 spiro atoms. The second kappa shape index (κ2) is 6.88. The first kappa shape index (κ1) is 15.6. The predicted molar refractivity (Wildman–Crippen MR) is 93.5 cm³/mol. The Labute approximate surface area is 141 Å². The van der Waals surface area contributed by atoms with E-state index in [1.807, 2.05) is 35.7 Å². The first-order chi connectivity index (χ1) is 11.6. The lowest BCUT2D eigenvalue weighted by Crippen LogP contribution is -1.93. The number of phenolic OH excluding ortho intramolecular Hbond substituents is 1. The number of aromatic hydroxyl groups is 1. The highest BCUT2D eigenvalue weighted by Crippen LogP contribution is 2.24. The lowest BCUT2D eigenvalue weighted by molar-refractivity contribution is -0.384. The molecule has 0 amide bonds. The molecule has 3 aromatic rings. The number of hydrogen-bond acceptors (Lipinski definition) is 7. The average molecular weight is 340 g/mol. The van der Waals surface area contributed by atoms with Crippen molar-refractivity contribution < 1.29 is 10.0 Å². The fourth-order valence-corrected chi connectivity index (χ4v) is 2.70. The molecule has 1 aromatic heterocycles. The van der Waals surface area contributed by atoms with Gasteiger partial charge in [-0.15, -0.1) is 11.3 Å². The van der Waals surface area contributed by atoms with Gasteiger partial charge in [0.25, 0.3) is 5.69 Å². The van der Waals surface area contributed by atoms with Gasteiger partial charge in [-0.2, -0.15) is 5.10 Å². The summed E-state index contributed by atoms with van der Waals surface area (Å²) in [6, 6.07) is 13.5. The second-order valence-corrected chi connectivity index (χ2v) is 5.67. The van der Waals surface area contributed by atoms with Crippen LogP contribution in [0, 0.1) is 10.1 Å². The van der Waals surface area contributed by atoms with E-state index in [1.165, 1.54) is 29.7 Å². The molecule has 0 aliphatic rings. The van der Waals surface area contributed by atoms with Crippen LogP contribution in [-0.2, 0) is 0 Å². The molecule has 0 aliphatic heterocycles. The summed E-state index contributed by atoms with van der Waals surface area (Å²) in [6.45, 7) is 0. The first-order valence-corrected chi connectivity index (χ1v) is 7.78. The van der Waals surface area contributed by atoms with Crippen molar-refractivity contribution in [3.63, 3.8) is 0 Å². The molecule has 24 heavy (non-hydrogen) atoms. The van der Waals surface area contributed by atoms with Crippen LogP contribution in [0.15, 0.2) is 59.0 Å². The van der Waals surface area contributed by atoms with E-state index in [0.29, 0.717) is 10.7 Å². The summed E-state index contributed by atoms with van der Waals surface area (Å²) in [5.41, 5.74) is 4.84.